The molecule has 21 heavy (non-hydrogen) atoms. The first-order valence-electron chi connectivity index (χ1n) is 6.76. The van der Waals surface area contributed by atoms with E-state index in [0.29, 0.717) is 5.56 Å². The van der Waals surface area contributed by atoms with Crippen molar-refractivity contribution in [1.29, 1.82) is 0 Å². The van der Waals surface area contributed by atoms with E-state index in [0.717, 1.165) is 4.31 Å². The van der Waals surface area contributed by atoms with Crippen molar-refractivity contribution in [1.82, 2.24) is 9.62 Å². The lowest BCUT2D eigenvalue weighted by atomic mass is 10.2. The van der Waals surface area contributed by atoms with Gasteiger partial charge in [-0.25, -0.2) is 12.8 Å². The van der Waals surface area contributed by atoms with E-state index in [1.807, 2.05) is 0 Å². The van der Waals surface area contributed by atoms with Crippen molar-refractivity contribution >= 4 is 15.9 Å². The molecule has 0 aromatic heterocycles. The standard InChI is InChI=1S/C14H21FN2O3S/c1-4-17(9-14(18)16-11(2)3)21(19,20)10-12-5-7-13(15)8-6-12/h5-8,11H,4,9-10H2,1-3H3,(H,16,18). The predicted molar refractivity (Wildman–Crippen MR) is 79.5 cm³/mol. The molecule has 0 spiro atoms. The molecule has 0 unspecified atom stereocenters. The van der Waals surface area contributed by atoms with Crippen LogP contribution in [0.4, 0.5) is 4.39 Å². The minimum absolute atomic E-state index is 0.0454. The van der Waals surface area contributed by atoms with Crippen LogP contribution in [-0.2, 0) is 20.6 Å². The van der Waals surface area contributed by atoms with Crippen LogP contribution in [0.5, 0.6) is 0 Å². The van der Waals surface area contributed by atoms with E-state index in [4.69, 9.17) is 0 Å². The topological polar surface area (TPSA) is 66.5 Å². The van der Waals surface area contributed by atoms with Gasteiger partial charge in [0.2, 0.25) is 15.9 Å². The third kappa shape index (κ3) is 5.81. The Bertz CT molecular complexity index is 570. The van der Waals surface area contributed by atoms with Crippen molar-refractivity contribution in [2.45, 2.75) is 32.6 Å². The maximum Gasteiger partial charge on any atom is 0.235 e. The number of hydrogen-bond donors (Lipinski definition) is 1. The summed E-state index contributed by atoms with van der Waals surface area (Å²) in [6.07, 6.45) is 0. The Morgan fingerprint density at radius 1 is 1.29 bits per heavy atom. The average molecular weight is 316 g/mol. The van der Waals surface area contributed by atoms with Crippen LogP contribution in [0.3, 0.4) is 0 Å². The number of rotatable bonds is 7. The van der Waals surface area contributed by atoms with Crippen molar-refractivity contribution in [2.24, 2.45) is 0 Å². The molecule has 0 saturated carbocycles. The number of nitrogens with zero attached hydrogens (tertiary/aromatic N) is 1. The van der Waals surface area contributed by atoms with E-state index in [2.05, 4.69) is 5.32 Å². The van der Waals surface area contributed by atoms with Crippen molar-refractivity contribution in [3.05, 3.63) is 35.6 Å². The quantitative estimate of drug-likeness (QED) is 0.829. The summed E-state index contributed by atoms with van der Waals surface area (Å²) in [5.74, 6) is -1.01. The minimum Gasteiger partial charge on any atom is -0.353 e. The van der Waals surface area contributed by atoms with E-state index in [9.17, 15) is 17.6 Å². The van der Waals surface area contributed by atoms with Gasteiger partial charge in [-0.05, 0) is 31.5 Å². The van der Waals surface area contributed by atoms with Crippen LogP contribution in [0.1, 0.15) is 26.3 Å². The first-order valence-corrected chi connectivity index (χ1v) is 8.37. The van der Waals surface area contributed by atoms with Crippen LogP contribution >= 0.6 is 0 Å². The highest BCUT2D eigenvalue weighted by molar-refractivity contribution is 7.88. The van der Waals surface area contributed by atoms with E-state index >= 15 is 0 Å². The van der Waals surface area contributed by atoms with Gasteiger partial charge in [0.25, 0.3) is 0 Å². The van der Waals surface area contributed by atoms with Gasteiger partial charge in [0.05, 0.1) is 12.3 Å². The summed E-state index contributed by atoms with van der Waals surface area (Å²) in [4.78, 5) is 11.7. The number of amides is 1. The Hall–Kier alpha value is -1.47. The van der Waals surface area contributed by atoms with E-state index < -0.39 is 15.8 Å². The maximum atomic E-state index is 12.8. The number of nitrogens with one attached hydrogen (secondary N) is 1. The molecule has 0 aliphatic carbocycles. The SMILES string of the molecule is CCN(CC(=O)NC(C)C)S(=O)(=O)Cc1ccc(F)cc1. The van der Waals surface area contributed by atoms with Gasteiger partial charge in [-0.3, -0.25) is 4.79 Å². The van der Waals surface area contributed by atoms with Crippen LogP contribution in [0.2, 0.25) is 0 Å². The normalized spacial score (nSPS) is 11.9. The molecule has 0 heterocycles. The molecule has 0 atom stereocenters. The highest BCUT2D eigenvalue weighted by atomic mass is 32.2. The van der Waals surface area contributed by atoms with Gasteiger partial charge in [0.1, 0.15) is 5.82 Å². The van der Waals surface area contributed by atoms with Crippen molar-refractivity contribution < 1.29 is 17.6 Å². The molecular formula is C14H21FN2O3S. The molecule has 5 nitrogen and oxygen atoms in total. The Balaban J connectivity index is 2.78. The Morgan fingerprint density at radius 3 is 2.33 bits per heavy atom. The van der Waals surface area contributed by atoms with Gasteiger partial charge in [0, 0.05) is 12.6 Å². The van der Waals surface area contributed by atoms with Crippen molar-refractivity contribution in [2.75, 3.05) is 13.1 Å². The zero-order valence-corrected chi connectivity index (χ0v) is 13.3. The lowest BCUT2D eigenvalue weighted by molar-refractivity contribution is -0.121. The molecular weight excluding hydrogens is 295 g/mol. The molecule has 0 saturated heterocycles. The zero-order chi connectivity index (χ0) is 16.0. The van der Waals surface area contributed by atoms with E-state index in [-0.39, 0.29) is 30.8 Å². The first kappa shape index (κ1) is 17.6. The second-order valence-corrected chi connectivity index (χ2v) is 7.00. The van der Waals surface area contributed by atoms with Gasteiger partial charge in [-0.1, -0.05) is 19.1 Å². The van der Waals surface area contributed by atoms with E-state index in [1.54, 1.807) is 20.8 Å². The number of carbonyl (C=O) groups is 1. The molecule has 118 valence electrons. The fourth-order valence-corrected chi connectivity index (χ4v) is 3.32. The largest absolute Gasteiger partial charge is 0.353 e. The van der Waals surface area contributed by atoms with Crippen LogP contribution in [0.25, 0.3) is 0 Å². The summed E-state index contributed by atoms with van der Waals surface area (Å²) in [5, 5.41) is 2.66. The van der Waals surface area contributed by atoms with Gasteiger partial charge >= 0.3 is 0 Å². The van der Waals surface area contributed by atoms with Crippen LogP contribution in [0, 0.1) is 5.82 Å². The minimum atomic E-state index is -3.62. The molecule has 0 radical (unpaired) electrons. The number of halogens is 1. The summed E-state index contributed by atoms with van der Waals surface area (Å²) in [7, 11) is -3.62. The van der Waals surface area contributed by atoms with Crippen LogP contribution < -0.4 is 5.32 Å². The first-order chi connectivity index (χ1) is 9.74. The van der Waals surface area contributed by atoms with E-state index in [1.165, 1.54) is 24.3 Å². The molecule has 7 heteroatoms. The Labute approximate surface area is 125 Å². The summed E-state index contributed by atoms with van der Waals surface area (Å²) in [6, 6.07) is 5.24. The summed E-state index contributed by atoms with van der Waals surface area (Å²) < 4.78 is 38.5. The summed E-state index contributed by atoms with van der Waals surface area (Å²) >= 11 is 0. The second kappa shape index (κ2) is 7.51. The third-order valence-corrected chi connectivity index (χ3v) is 4.65. The number of likely N-dealkylation sites (N-methyl/N-ethyl adjacent to an activating group) is 1. The smallest absolute Gasteiger partial charge is 0.235 e. The monoisotopic (exact) mass is 316 g/mol. The summed E-state index contributed by atoms with van der Waals surface area (Å²) in [5.41, 5.74) is 0.485. The molecule has 0 bridgehead atoms. The average Bonchev–Trinajstić information content (AvgIpc) is 2.37. The maximum absolute atomic E-state index is 12.8. The van der Waals surface area contributed by atoms with Crippen molar-refractivity contribution in [3.8, 4) is 0 Å². The predicted octanol–water partition coefficient (Wildman–Crippen LogP) is 1.50. The third-order valence-electron chi connectivity index (χ3n) is 2.78. The number of carbonyl (C=O) groups excluding carboxylic acids is 1. The molecule has 1 aromatic carbocycles. The van der Waals surface area contributed by atoms with Crippen molar-refractivity contribution in [3.63, 3.8) is 0 Å². The second-order valence-electron chi connectivity index (χ2n) is 5.03. The molecule has 1 amide bonds. The van der Waals surface area contributed by atoms with Gasteiger partial charge in [-0.15, -0.1) is 0 Å². The fourth-order valence-electron chi connectivity index (χ4n) is 1.82. The molecule has 0 aliphatic rings. The van der Waals surface area contributed by atoms with Gasteiger partial charge in [0.15, 0.2) is 0 Å². The molecule has 1 aromatic rings. The fraction of sp³-hybridized carbons (Fsp3) is 0.500. The molecule has 0 aliphatic heterocycles. The van der Waals surface area contributed by atoms with Crippen LogP contribution in [-0.4, -0.2) is 37.8 Å². The van der Waals surface area contributed by atoms with Crippen LogP contribution in [0.15, 0.2) is 24.3 Å². The zero-order valence-electron chi connectivity index (χ0n) is 12.5. The number of sulfonamides is 1. The Kier molecular flexibility index (Phi) is 6.29. The molecule has 0 fully saturated rings. The lowest BCUT2D eigenvalue weighted by Gasteiger charge is -2.20. The van der Waals surface area contributed by atoms with Gasteiger partial charge < -0.3 is 5.32 Å². The Morgan fingerprint density at radius 2 is 1.86 bits per heavy atom. The lowest BCUT2D eigenvalue weighted by Crippen LogP contribution is -2.43. The highest BCUT2D eigenvalue weighted by Crippen LogP contribution is 2.11. The number of hydrogen-bond acceptors (Lipinski definition) is 3. The highest BCUT2D eigenvalue weighted by Gasteiger charge is 2.23. The molecule has 1 rings (SSSR count). The molecule has 1 N–H and O–H groups in total. The number of benzene rings is 1. The van der Waals surface area contributed by atoms with Gasteiger partial charge in [-0.2, -0.15) is 4.31 Å². The summed E-state index contributed by atoms with van der Waals surface area (Å²) in [6.45, 7) is 5.28.